The molecule has 0 unspecified atom stereocenters. The van der Waals surface area contributed by atoms with Crippen LogP contribution in [0.25, 0.3) is 71.3 Å². The standard InChI is InChI=1S/C41H29N/c1-41(2)36-15-7-8-17-39(36)42-38-23-22-28(24-35(38)33-14-9-16-37(41)40(33)42)26-18-20-27(21-19-26)34-25-29-10-3-4-11-30(29)31-12-5-6-13-32(31)34/h3-25H,1-2H3. The highest BCUT2D eigenvalue weighted by Gasteiger charge is 2.34. The molecule has 0 N–H and O–H groups in total. The molecule has 0 radical (unpaired) electrons. The highest BCUT2D eigenvalue weighted by Crippen LogP contribution is 2.47. The van der Waals surface area contributed by atoms with Crippen LogP contribution in [0.3, 0.4) is 0 Å². The molecule has 0 atom stereocenters. The molecule has 0 spiro atoms. The van der Waals surface area contributed by atoms with Crippen LogP contribution in [0.4, 0.5) is 0 Å². The Bertz CT molecular complexity index is 2370. The van der Waals surface area contributed by atoms with Crippen LogP contribution in [0, 0.1) is 0 Å². The van der Waals surface area contributed by atoms with Crippen molar-refractivity contribution < 1.29 is 0 Å². The zero-order valence-corrected chi connectivity index (χ0v) is 23.7. The van der Waals surface area contributed by atoms with E-state index in [1.54, 1.807) is 0 Å². The molecule has 0 saturated heterocycles. The van der Waals surface area contributed by atoms with Gasteiger partial charge in [0.05, 0.1) is 16.7 Å². The van der Waals surface area contributed by atoms with Gasteiger partial charge in [-0.15, -0.1) is 0 Å². The fourth-order valence-electron chi connectivity index (χ4n) is 7.48. The van der Waals surface area contributed by atoms with Crippen molar-refractivity contribution in [3.8, 4) is 27.9 Å². The number of hydrogen-bond acceptors (Lipinski definition) is 0. The quantitative estimate of drug-likeness (QED) is 0.194. The Kier molecular flexibility index (Phi) is 4.73. The number of benzene rings is 7. The van der Waals surface area contributed by atoms with Gasteiger partial charge in [0.1, 0.15) is 0 Å². The molecule has 9 rings (SSSR count). The second-order valence-corrected chi connectivity index (χ2v) is 12.2. The zero-order chi connectivity index (χ0) is 28.0. The Hall–Kier alpha value is -5.14. The first-order valence-electron chi connectivity index (χ1n) is 14.8. The highest BCUT2D eigenvalue weighted by atomic mass is 15.0. The monoisotopic (exact) mass is 535 g/mol. The van der Waals surface area contributed by atoms with Crippen LogP contribution in [0.15, 0.2) is 140 Å². The Morgan fingerprint density at radius 1 is 0.452 bits per heavy atom. The lowest BCUT2D eigenvalue weighted by molar-refractivity contribution is 0.630. The third-order valence-electron chi connectivity index (χ3n) is 9.58. The van der Waals surface area contributed by atoms with Gasteiger partial charge in [-0.1, -0.05) is 129 Å². The number of aromatic nitrogens is 1. The van der Waals surface area contributed by atoms with E-state index in [2.05, 4.69) is 158 Å². The van der Waals surface area contributed by atoms with Gasteiger partial charge in [-0.3, -0.25) is 0 Å². The van der Waals surface area contributed by atoms with Crippen molar-refractivity contribution in [3.63, 3.8) is 0 Å². The summed E-state index contributed by atoms with van der Waals surface area (Å²) in [5.41, 5.74) is 11.6. The summed E-state index contributed by atoms with van der Waals surface area (Å²) in [7, 11) is 0. The molecule has 1 aliphatic rings. The Morgan fingerprint density at radius 3 is 1.95 bits per heavy atom. The van der Waals surface area contributed by atoms with E-state index >= 15 is 0 Å². The summed E-state index contributed by atoms with van der Waals surface area (Å²) >= 11 is 0. The van der Waals surface area contributed by atoms with Gasteiger partial charge in [0.2, 0.25) is 0 Å². The molecule has 0 saturated carbocycles. The van der Waals surface area contributed by atoms with E-state index in [9.17, 15) is 0 Å². The minimum absolute atomic E-state index is 0.0495. The number of para-hydroxylation sites is 2. The third-order valence-corrected chi connectivity index (χ3v) is 9.58. The molecule has 42 heavy (non-hydrogen) atoms. The summed E-state index contributed by atoms with van der Waals surface area (Å²) in [4.78, 5) is 0. The summed E-state index contributed by atoms with van der Waals surface area (Å²) in [6.07, 6.45) is 0. The molecule has 1 nitrogen and oxygen atoms in total. The van der Waals surface area contributed by atoms with Gasteiger partial charge in [0.15, 0.2) is 0 Å². The van der Waals surface area contributed by atoms with Crippen molar-refractivity contribution in [1.29, 1.82) is 0 Å². The lowest BCUT2D eigenvalue weighted by atomic mass is 9.75. The summed E-state index contributed by atoms with van der Waals surface area (Å²) in [5.74, 6) is 0. The maximum atomic E-state index is 2.48. The smallest absolute Gasteiger partial charge is 0.0582 e. The number of hydrogen-bond donors (Lipinski definition) is 0. The molecule has 1 heteroatoms. The molecule has 0 amide bonds. The van der Waals surface area contributed by atoms with Crippen LogP contribution in [0.5, 0.6) is 0 Å². The minimum atomic E-state index is -0.0495. The van der Waals surface area contributed by atoms with Gasteiger partial charge in [-0.2, -0.15) is 0 Å². The number of rotatable bonds is 2. The second-order valence-electron chi connectivity index (χ2n) is 12.2. The maximum Gasteiger partial charge on any atom is 0.0582 e. The van der Waals surface area contributed by atoms with Crippen LogP contribution in [-0.4, -0.2) is 4.57 Å². The van der Waals surface area contributed by atoms with E-state index in [4.69, 9.17) is 0 Å². The van der Waals surface area contributed by atoms with Crippen molar-refractivity contribution in [1.82, 2.24) is 4.57 Å². The van der Waals surface area contributed by atoms with E-state index in [1.165, 1.54) is 82.4 Å². The topological polar surface area (TPSA) is 4.93 Å². The molecule has 1 aliphatic heterocycles. The van der Waals surface area contributed by atoms with Crippen molar-refractivity contribution in [3.05, 3.63) is 151 Å². The maximum absolute atomic E-state index is 2.48. The summed E-state index contributed by atoms with van der Waals surface area (Å²) in [5, 5.41) is 7.81. The van der Waals surface area contributed by atoms with Crippen molar-refractivity contribution in [2.24, 2.45) is 0 Å². The Morgan fingerprint density at radius 2 is 1.10 bits per heavy atom. The van der Waals surface area contributed by atoms with Crippen LogP contribution in [0.1, 0.15) is 25.0 Å². The predicted octanol–water partition coefficient (Wildman–Crippen LogP) is 11.1. The number of nitrogens with zero attached hydrogens (tertiary/aromatic N) is 1. The average Bonchev–Trinajstić information content (AvgIpc) is 3.38. The van der Waals surface area contributed by atoms with Gasteiger partial charge in [-0.05, 0) is 79.2 Å². The highest BCUT2D eigenvalue weighted by molar-refractivity contribution is 6.14. The minimum Gasteiger partial charge on any atom is -0.309 e. The number of fused-ring (bicyclic) bond motifs is 8. The largest absolute Gasteiger partial charge is 0.309 e. The zero-order valence-electron chi connectivity index (χ0n) is 23.7. The molecule has 8 aromatic rings. The van der Waals surface area contributed by atoms with E-state index in [1.807, 2.05) is 0 Å². The second kappa shape index (κ2) is 8.44. The lowest BCUT2D eigenvalue weighted by Crippen LogP contribution is -2.26. The van der Waals surface area contributed by atoms with Crippen molar-refractivity contribution >= 4 is 43.4 Å². The van der Waals surface area contributed by atoms with Crippen LogP contribution in [-0.2, 0) is 5.41 Å². The van der Waals surface area contributed by atoms with E-state index in [0.717, 1.165) is 0 Å². The molecule has 0 bridgehead atoms. The Balaban J connectivity index is 1.21. The summed E-state index contributed by atoms with van der Waals surface area (Å²) in [6, 6.07) is 51.6. The molecule has 2 heterocycles. The molecule has 0 fully saturated rings. The first kappa shape index (κ1) is 23.6. The third kappa shape index (κ3) is 3.14. The van der Waals surface area contributed by atoms with Crippen LogP contribution < -0.4 is 0 Å². The molecule has 198 valence electrons. The van der Waals surface area contributed by atoms with E-state index < -0.39 is 0 Å². The predicted molar refractivity (Wildman–Crippen MR) is 179 cm³/mol. The molecular formula is C41H29N. The van der Waals surface area contributed by atoms with Gasteiger partial charge >= 0.3 is 0 Å². The lowest BCUT2D eigenvalue weighted by Gasteiger charge is -2.34. The summed E-state index contributed by atoms with van der Waals surface area (Å²) in [6.45, 7) is 4.71. The summed E-state index contributed by atoms with van der Waals surface area (Å²) < 4.78 is 2.48. The van der Waals surface area contributed by atoms with Gasteiger partial charge in [0.25, 0.3) is 0 Å². The van der Waals surface area contributed by atoms with Crippen LogP contribution in [0.2, 0.25) is 0 Å². The van der Waals surface area contributed by atoms with Crippen molar-refractivity contribution in [2.45, 2.75) is 19.3 Å². The fraction of sp³-hybridized carbons (Fsp3) is 0.0732. The first-order chi connectivity index (χ1) is 20.6. The first-order valence-corrected chi connectivity index (χ1v) is 14.8. The molecular weight excluding hydrogens is 506 g/mol. The normalized spacial score (nSPS) is 13.7. The van der Waals surface area contributed by atoms with Gasteiger partial charge in [-0.25, -0.2) is 0 Å². The SMILES string of the molecule is CC1(C)c2ccccc2-n2c3ccc(-c4ccc(-c5cc6ccccc6c6ccccc56)cc4)cc3c3cccc1c32. The average molecular weight is 536 g/mol. The van der Waals surface area contributed by atoms with Gasteiger partial charge < -0.3 is 4.57 Å². The molecule has 0 aliphatic carbocycles. The molecule has 1 aromatic heterocycles. The van der Waals surface area contributed by atoms with E-state index in [-0.39, 0.29) is 5.41 Å². The Labute approximate surface area is 245 Å². The van der Waals surface area contributed by atoms with E-state index in [0.29, 0.717) is 0 Å². The fourth-order valence-corrected chi connectivity index (χ4v) is 7.48. The molecule has 7 aromatic carbocycles. The van der Waals surface area contributed by atoms with Crippen LogP contribution >= 0.6 is 0 Å². The van der Waals surface area contributed by atoms with Gasteiger partial charge in [0, 0.05) is 16.2 Å². The van der Waals surface area contributed by atoms with Crippen molar-refractivity contribution in [2.75, 3.05) is 0 Å².